The van der Waals surface area contributed by atoms with Gasteiger partial charge in [0.1, 0.15) is 0 Å². The monoisotopic (exact) mass is 231 g/mol. The Labute approximate surface area is 103 Å². The number of amides is 1. The summed E-state index contributed by atoms with van der Waals surface area (Å²) < 4.78 is 0. The molecule has 2 atom stereocenters. The molecule has 0 bridgehead atoms. The van der Waals surface area contributed by atoms with Crippen molar-refractivity contribution in [3.8, 4) is 0 Å². The molecule has 1 saturated carbocycles. The maximum absolute atomic E-state index is 10.9. The number of hydrogen-bond acceptors (Lipinski definition) is 1. The molecule has 1 aliphatic carbocycles. The van der Waals surface area contributed by atoms with Crippen LogP contribution in [0.15, 0.2) is 24.3 Å². The topological polar surface area (TPSA) is 29.1 Å². The highest BCUT2D eigenvalue weighted by atomic mass is 16.1. The summed E-state index contributed by atoms with van der Waals surface area (Å²) in [5, 5.41) is 2.81. The van der Waals surface area contributed by atoms with Crippen LogP contribution >= 0.6 is 0 Å². The second-order valence-corrected chi connectivity index (χ2v) is 5.17. The van der Waals surface area contributed by atoms with Crippen LogP contribution in [0.1, 0.15) is 51.0 Å². The van der Waals surface area contributed by atoms with Crippen LogP contribution in [0.4, 0.5) is 5.69 Å². The molecule has 0 unspecified atom stereocenters. The smallest absolute Gasteiger partial charge is 0.221 e. The molecule has 0 saturated heterocycles. The molecule has 1 aromatic rings. The summed E-state index contributed by atoms with van der Waals surface area (Å²) in [6.45, 7) is 3.89. The third-order valence-electron chi connectivity index (χ3n) is 3.77. The average molecular weight is 231 g/mol. The van der Waals surface area contributed by atoms with E-state index in [0.29, 0.717) is 5.92 Å². The quantitative estimate of drug-likeness (QED) is 0.820. The van der Waals surface area contributed by atoms with Gasteiger partial charge in [-0.15, -0.1) is 0 Å². The molecule has 1 aliphatic rings. The van der Waals surface area contributed by atoms with Gasteiger partial charge in [0.05, 0.1) is 0 Å². The molecule has 1 N–H and O–H groups in total. The van der Waals surface area contributed by atoms with Gasteiger partial charge in [0.15, 0.2) is 0 Å². The van der Waals surface area contributed by atoms with Crippen LogP contribution in [0.5, 0.6) is 0 Å². The Kier molecular flexibility index (Phi) is 3.82. The Morgan fingerprint density at radius 1 is 1.18 bits per heavy atom. The molecule has 0 spiro atoms. The fourth-order valence-electron chi connectivity index (χ4n) is 2.83. The van der Waals surface area contributed by atoms with Gasteiger partial charge >= 0.3 is 0 Å². The highest BCUT2D eigenvalue weighted by Gasteiger charge is 2.22. The fourth-order valence-corrected chi connectivity index (χ4v) is 2.83. The minimum Gasteiger partial charge on any atom is -0.326 e. The lowest BCUT2D eigenvalue weighted by atomic mass is 9.76. The third-order valence-corrected chi connectivity index (χ3v) is 3.77. The number of benzene rings is 1. The summed E-state index contributed by atoms with van der Waals surface area (Å²) in [5.41, 5.74) is 2.32. The fraction of sp³-hybridized carbons (Fsp3) is 0.533. The van der Waals surface area contributed by atoms with E-state index in [1.54, 1.807) is 0 Å². The second-order valence-electron chi connectivity index (χ2n) is 5.17. The van der Waals surface area contributed by atoms with Crippen LogP contribution in [0.2, 0.25) is 0 Å². The Morgan fingerprint density at radius 2 is 1.82 bits per heavy atom. The first-order chi connectivity index (χ1) is 8.16. The van der Waals surface area contributed by atoms with Crippen molar-refractivity contribution < 1.29 is 4.79 Å². The van der Waals surface area contributed by atoms with Gasteiger partial charge in [-0.25, -0.2) is 0 Å². The van der Waals surface area contributed by atoms with Crippen molar-refractivity contribution in [1.82, 2.24) is 0 Å². The number of anilines is 1. The van der Waals surface area contributed by atoms with E-state index in [4.69, 9.17) is 0 Å². The number of carbonyl (C=O) groups is 1. The van der Waals surface area contributed by atoms with Gasteiger partial charge in [0.25, 0.3) is 0 Å². The van der Waals surface area contributed by atoms with E-state index in [1.165, 1.54) is 38.2 Å². The molecule has 92 valence electrons. The Balaban J connectivity index is 2.08. The molecule has 0 aliphatic heterocycles. The predicted octanol–water partition coefficient (Wildman–Crippen LogP) is 3.94. The van der Waals surface area contributed by atoms with Gasteiger partial charge in [0.2, 0.25) is 5.91 Å². The van der Waals surface area contributed by atoms with Gasteiger partial charge in [-0.2, -0.15) is 0 Å². The minimum atomic E-state index is -0.0104. The molecule has 2 nitrogen and oxygen atoms in total. The molecule has 17 heavy (non-hydrogen) atoms. The van der Waals surface area contributed by atoms with Gasteiger partial charge in [-0.05, 0) is 36.0 Å². The zero-order chi connectivity index (χ0) is 12.3. The van der Waals surface area contributed by atoms with Crippen molar-refractivity contribution >= 4 is 11.6 Å². The maximum atomic E-state index is 10.9. The van der Waals surface area contributed by atoms with Crippen LogP contribution in [-0.4, -0.2) is 5.91 Å². The zero-order valence-corrected chi connectivity index (χ0v) is 10.7. The Morgan fingerprint density at radius 3 is 2.41 bits per heavy atom. The highest BCUT2D eigenvalue weighted by Crippen LogP contribution is 2.37. The second kappa shape index (κ2) is 5.35. The van der Waals surface area contributed by atoms with E-state index in [1.807, 2.05) is 12.1 Å². The number of carbonyl (C=O) groups excluding carboxylic acids is 1. The molecule has 0 radical (unpaired) electrons. The molecule has 0 aromatic heterocycles. The van der Waals surface area contributed by atoms with E-state index in [-0.39, 0.29) is 5.91 Å². The van der Waals surface area contributed by atoms with Crippen molar-refractivity contribution in [3.05, 3.63) is 29.8 Å². The van der Waals surface area contributed by atoms with Crippen LogP contribution in [0.25, 0.3) is 0 Å². The van der Waals surface area contributed by atoms with E-state index in [2.05, 4.69) is 24.4 Å². The first-order valence-electron chi connectivity index (χ1n) is 6.54. The minimum absolute atomic E-state index is 0.0104. The van der Waals surface area contributed by atoms with Crippen LogP contribution in [0.3, 0.4) is 0 Å². The summed E-state index contributed by atoms with van der Waals surface area (Å²) in [4.78, 5) is 10.9. The van der Waals surface area contributed by atoms with Crippen LogP contribution in [0, 0.1) is 5.92 Å². The van der Waals surface area contributed by atoms with Crippen LogP contribution in [-0.2, 0) is 4.79 Å². The molecule has 1 amide bonds. The summed E-state index contributed by atoms with van der Waals surface area (Å²) in [5.74, 6) is 1.48. The van der Waals surface area contributed by atoms with Gasteiger partial charge in [0, 0.05) is 12.6 Å². The van der Waals surface area contributed by atoms with E-state index >= 15 is 0 Å². The van der Waals surface area contributed by atoms with Gasteiger partial charge in [-0.1, -0.05) is 38.3 Å². The van der Waals surface area contributed by atoms with Crippen molar-refractivity contribution in [1.29, 1.82) is 0 Å². The van der Waals surface area contributed by atoms with Crippen molar-refractivity contribution in [2.75, 3.05) is 5.32 Å². The molecule has 2 rings (SSSR count). The van der Waals surface area contributed by atoms with Crippen molar-refractivity contribution in [2.24, 2.45) is 5.92 Å². The lowest BCUT2D eigenvalue weighted by Crippen LogP contribution is -2.14. The van der Waals surface area contributed by atoms with E-state index < -0.39 is 0 Å². The first-order valence-corrected chi connectivity index (χ1v) is 6.54. The number of hydrogen-bond donors (Lipinski definition) is 1. The zero-order valence-electron chi connectivity index (χ0n) is 10.7. The normalized spacial score (nSPS) is 24.4. The molecule has 0 heterocycles. The SMILES string of the molecule is CC(=O)Nc1ccc([C@H]2CCCC[C@H]2C)cc1. The highest BCUT2D eigenvalue weighted by molar-refractivity contribution is 5.88. The van der Waals surface area contributed by atoms with E-state index in [9.17, 15) is 4.79 Å². The maximum Gasteiger partial charge on any atom is 0.221 e. The summed E-state index contributed by atoms with van der Waals surface area (Å²) in [7, 11) is 0. The van der Waals surface area contributed by atoms with Crippen molar-refractivity contribution in [3.63, 3.8) is 0 Å². The lowest BCUT2D eigenvalue weighted by Gasteiger charge is -2.29. The standard InChI is InChI=1S/C15H21NO/c1-11-5-3-4-6-15(11)13-7-9-14(10-8-13)16-12(2)17/h7-11,15H,3-6H2,1-2H3,(H,16,17)/t11-,15+/m1/s1. The van der Waals surface area contributed by atoms with Gasteiger partial charge < -0.3 is 5.32 Å². The summed E-state index contributed by atoms with van der Waals surface area (Å²) in [6, 6.07) is 8.35. The van der Waals surface area contributed by atoms with Crippen LogP contribution < -0.4 is 5.32 Å². The number of rotatable bonds is 2. The molecular formula is C15H21NO. The average Bonchev–Trinajstić information content (AvgIpc) is 2.30. The summed E-state index contributed by atoms with van der Waals surface area (Å²) >= 11 is 0. The molecule has 2 heteroatoms. The number of nitrogens with one attached hydrogen (secondary N) is 1. The van der Waals surface area contributed by atoms with Crippen molar-refractivity contribution in [2.45, 2.75) is 45.4 Å². The van der Waals surface area contributed by atoms with E-state index in [0.717, 1.165) is 11.6 Å². The first kappa shape index (κ1) is 12.2. The Hall–Kier alpha value is -1.31. The molecule has 1 fully saturated rings. The van der Waals surface area contributed by atoms with Gasteiger partial charge in [-0.3, -0.25) is 4.79 Å². The third kappa shape index (κ3) is 3.09. The Bertz CT molecular complexity index is 382. The molecule has 1 aromatic carbocycles. The molecular weight excluding hydrogens is 210 g/mol. The predicted molar refractivity (Wildman–Crippen MR) is 71.1 cm³/mol. The largest absolute Gasteiger partial charge is 0.326 e. The lowest BCUT2D eigenvalue weighted by molar-refractivity contribution is -0.114. The summed E-state index contributed by atoms with van der Waals surface area (Å²) in [6.07, 6.45) is 5.38.